The number of allylic oxidation sites excluding steroid dienone is 1. The van der Waals surface area contributed by atoms with Gasteiger partial charge in [0.25, 0.3) is 0 Å². The Balaban J connectivity index is 1.87. The van der Waals surface area contributed by atoms with Gasteiger partial charge in [-0.3, -0.25) is 4.90 Å². The molecule has 0 aliphatic carbocycles. The van der Waals surface area contributed by atoms with E-state index in [1.165, 1.54) is 11.1 Å². The normalized spacial score (nSPS) is 17.0. The molecule has 8 heteroatoms. The van der Waals surface area contributed by atoms with Crippen LogP contribution in [0.1, 0.15) is 31.6 Å². The SMILES string of the molecule is C=C(C)OC(=O)N1CCC[C@H]1c1nc(-c2cc(F)c(Cl)cc2F)c[nH]1. The fourth-order valence-corrected chi connectivity index (χ4v) is 2.99. The van der Waals surface area contributed by atoms with Crippen LogP contribution >= 0.6 is 11.6 Å². The van der Waals surface area contributed by atoms with E-state index in [0.29, 0.717) is 24.5 Å². The number of aromatic nitrogens is 2. The van der Waals surface area contributed by atoms with Gasteiger partial charge in [-0.1, -0.05) is 18.2 Å². The number of aromatic amines is 1. The number of rotatable bonds is 3. The number of imidazole rings is 1. The standard InChI is InChI=1S/C17H16ClF2N3O2/c1-9(2)25-17(24)23-5-3-4-15(23)16-21-8-14(22-16)10-6-13(20)11(18)7-12(10)19/h6-8,15H,1,3-5H2,2H3,(H,21,22)/t15-/m0/s1. The summed E-state index contributed by atoms with van der Waals surface area (Å²) in [5.74, 6) is -0.611. The number of ether oxygens (including phenoxy) is 1. The van der Waals surface area contributed by atoms with Crippen LogP contribution < -0.4 is 0 Å². The maximum Gasteiger partial charge on any atom is 0.415 e. The molecule has 3 rings (SSSR count). The molecule has 1 aliphatic heterocycles. The summed E-state index contributed by atoms with van der Waals surface area (Å²) in [7, 11) is 0. The highest BCUT2D eigenvalue weighted by molar-refractivity contribution is 6.30. The van der Waals surface area contributed by atoms with Crippen LogP contribution in [0.2, 0.25) is 5.02 Å². The summed E-state index contributed by atoms with van der Waals surface area (Å²) in [6.07, 6.45) is 2.45. The lowest BCUT2D eigenvalue weighted by Gasteiger charge is -2.22. The monoisotopic (exact) mass is 367 g/mol. The summed E-state index contributed by atoms with van der Waals surface area (Å²) in [4.78, 5) is 20.9. The first kappa shape index (κ1) is 17.4. The Labute approximate surface area is 148 Å². The molecule has 5 nitrogen and oxygen atoms in total. The zero-order chi connectivity index (χ0) is 18.1. The minimum atomic E-state index is -0.727. The van der Waals surface area contributed by atoms with E-state index in [2.05, 4.69) is 16.5 Å². The van der Waals surface area contributed by atoms with E-state index in [1.54, 1.807) is 6.92 Å². The molecule has 0 bridgehead atoms. The number of hydrogen-bond donors (Lipinski definition) is 1. The van der Waals surface area contributed by atoms with Crippen molar-refractivity contribution in [3.05, 3.63) is 53.1 Å². The van der Waals surface area contributed by atoms with Crippen molar-refractivity contribution >= 4 is 17.7 Å². The molecule has 1 saturated heterocycles. The van der Waals surface area contributed by atoms with Crippen LogP contribution in [0.5, 0.6) is 0 Å². The van der Waals surface area contributed by atoms with Crippen molar-refractivity contribution in [2.75, 3.05) is 6.54 Å². The smallest absolute Gasteiger partial charge is 0.415 e. The lowest BCUT2D eigenvalue weighted by molar-refractivity contribution is 0.123. The minimum Gasteiger partial charge on any atom is -0.416 e. The predicted molar refractivity (Wildman–Crippen MR) is 88.9 cm³/mol. The quantitative estimate of drug-likeness (QED) is 0.625. The van der Waals surface area contributed by atoms with Crippen molar-refractivity contribution in [1.29, 1.82) is 0 Å². The van der Waals surface area contributed by atoms with Crippen molar-refractivity contribution < 1.29 is 18.3 Å². The van der Waals surface area contributed by atoms with Gasteiger partial charge < -0.3 is 9.72 Å². The molecule has 1 fully saturated rings. The van der Waals surface area contributed by atoms with E-state index in [9.17, 15) is 13.6 Å². The maximum atomic E-state index is 14.1. The number of halogens is 3. The van der Waals surface area contributed by atoms with Gasteiger partial charge in [0.1, 0.15) is 17.5 Å². The third kappa shape index (κ3) is 3.51. The number of hydrogen-bond acceptors (Lipinski definition) is 3. The second kappa shape index (κ2) is 6.84. The van der Waals surface area contributed by atoms with Crippen LogP contribution in [0, 0.1) is 11.6 Å². The Morgan fingerprint density at radius 1 is 1.44 bits per heavy atom. The first-order valence-electron chi connectivity index (χ1n) is 7.71. The molecule has 132 valence electrons. The lowest BCUT2D eigenvalue weighted by atomic mass is 10.1. The average molecular weight is 368 g/mol. The van der Waals surface area contributed by atoms with E-state index < -0.39 is 17.7 Å². The lowest BCUT2D eigenvalue weighted by Crippen LogP contribution is -2.31. The highest BCUT2D eigenvalue weighted by Gasteiger charge is 2.33. The zero-order valence-electron chi connectivity index (χ0n) is 13.5. The molecule has 2 aromatic rings. The van der Waals surface area contributed by atoms with Crippen LogP contribution in [0.25, 0.3) is 11.3 Å². The van der Waals surface area contributed by atoms with Crippen molar-refractivity contribution in [3.8, 4) is 11.3 Å². The Morgan fingerprint density at radius 3 is 2.92 bits per heavy atom. The molecule has 1 atom stereocenters. The van der Waals surface area contributed by atoms with Gasteiger partial charge in [0.2, 0.25) is 0 Å². The predicted octanol–water partition coefficient (Wildman–Crippen LogP) is 4.82. The largest absolute Gasteiger partial charge is 0.416 e. The highest BCUT2D eigenvalue weighted by Crippen LogP contribution is 2.33. The number of H-pyrrole nitrogens is 1. The van der Waals surface area contributed by atoms with Gasteiger partial charge in [-0.15, -0.1) is 0 Å². The van der Waals surface area contributed by atoms with Gasteiger partial charge in [-0.2, -0.15) is 0 Å². The molecule has 25 heavy (non-hydrogen) atoms. The summed E-state index contributed by atoms with van der Waals surface area (Å²) in [5.41, 5.74) is 0.238. The van der Waals surface area contributed by atoms with Crippen LogP contribution in [0.15, 0.2) is 30.7 Å². The molecule has 2 heterocycles. The minimum absolute atomic E-state index is 0.00143. The summed E-state index contributed by atoms with van der Waals surface area (Å²) in [6.45, 7) is 5.67. The van der Waals surface area contributed by atoms with Gasteiger partial charge in [-0.25, -0.2) is 18.6 Å². The summed E-state index contributed by atoms with van der Waals surface area (Å²) in [6, 6.07) is 1.59. The van der Waals surface area contributed by atoms with Crippen molar-refractivity contribution in [1.82, 2.24) is 14.9 Å². The number of nitrogens with zero attached hydrogens (tertiary/aromatic N) is 2. The van der Waals surface area contributed by atoms with Gasteiger partial charge in [-0.05, 0) is 31.9 Å². The Hall–Kier alpha value is -2.41. The molecule has 0 saturated carbocycles. The first-order chi connectivity index (χ1) is 11.9. The molecule has 0 unspecified atom stereocenters. The second-order valence-corrected chi connectivity index (χ2v) is 6.25. The molecule has 1 aromatic heterocycles. The maximum absolute atomic E-state index is 14.1. The van der Waals surface area contributed by atoms with Gasteiger partial charge in [0.05, 0.1) is 22.5 Å². The molecular formula is C17H16ClF2N3O2. The van der Waals surface area contributed by atoms with Crippen LogP contribution in [-0.2, 0) is 4.74 Å². The fourth-order valence-electron chi connectivity index (χ4n) is 2.84. The number of nitrogens with one attached hydrogen (secondary N) is 1. The van der Waals surface area contributed by atoms with Crippen molar-refractivity contribution in [3.63, 3.8) is 0 Å². The van der Waals surface area contributed by atoms with Crippen molar-refractivity contribution in [2.24, 2.45) is 0 Å². The highest BCUT2D eigenvalue weighted by atomic mass is 35.5. The van der Waals surface area contributed by atoms with Crippen molar-refractivity contribution in [2.45, 2.75) is 25.8 Å². The molecule has 1 aliphatic rings. The topological polar surface area (TPSA) is 58.2 Å². The molecule has 1 aromatic carbocycles. The average Bonchev–Trinajstić information content (AvgIpc) is 3.18. The summed E-state index contributed by atoms with van der Waals surface area (Å²) in [5, 5.41) is -0.290. The molecule has 1 amide bonds. The molecule has 1 N–H and O–H groups in total. The van der Waals surface area contributed by atoms with E-state index in [0.717, 1.165) is 18.6 Å². The number of benzene rings is 1. The third-order valence-electron chi connectivity index (χ3n) is 3.95. The molecule has 0 radical (unpaired) electrons. The van der Waals surface area contributed by atoms with Gasteiger partial charge in [0.15, 0.2) is 0 Å². The third-order valence-corrected chi connectivity index (χ3v) is 4.24. The zero-order valence-corrected chi connectivity index (χ0v) is 14.2. The van der Waals surface area contributed by atoms with Crippen LogP contribution in [-0.4, -0.2) is 27.5 Å². The number of amides is 1. The van der Waals surface area contributed by atoms with E-state index in [1.807, 2.05) is 0 Å². The van der Waals surface area contributed by atoms with Gasteiger partial charge >= 0.3 is 6.09 Å². The van der Waals surface area contributed by atoms with Crippen LogP contribution in [0.3, 0.4) is 0 Å². The number of carbonyl (C=O) groups excluding carboxylic acids is 1. The molecule has 0 spiro atoms. The summed E-state index contributed by atoms with van der Waals surface area (Å²) >= 11 is 5.57. The van der Waals surface area contributed by atoms with E-state index in [-0.39, 0.29) is 22.3 Å². The molecular weight excluding hydrogens is 352 g/mol. The van der Waals surface area contributed by atoms with E-state index in [4.69, 9.17) is 16.3 Å². The van der Waals surface area contributed by atoms with Crippen LogP contribution in [0.4, 0.5) is 13.6 Å². The number of carbonyl (C=O) groups is 1. The van der Waals surface area contributed by atoms with E-state index >= 15 is 0 Å². The first-order valence-corrected chi connectivity index (χ1v) is 8.09. The Kier molecular flexibility index (Phi) is 4.76. The van der Waals surface area contributed by atoms with Gasteiger partial charge in [0, 0.05) is 18.3 Å². The second-order valence-electron chi connectivity index (χ2n) is 5.84. The number of likely N-dealkylation sites (tertiary alicyclic amines) is 1. The Bertz CT molecular complexity index is 837. The summed E-state index contributed by atoms with van der Waals surface area (Å²) < 4.78 is 32.7. The fraction of sp³-hybridized carbons (Fsp3) is 0.294. The Morgan fingerprint density at radius 2 is 2.20 bits per heavy atom.